The first-order valence-corrected chi connectivity index (χ1v) is 5.83. The molecular weight excluding hydrogens is 196 g/mol. The molecule has 1 aliphatic heterocycles. The second-order valence-corrected chi connectivity index (χ2v) is 5.49. The number of sulfone groups is 1. The summed E-state index contributed by atoms with van der Waals surface area (Å²) in [6.07, 6.45) is -0.739. The van der Waals surface area contributed by atoms with E-state index < -0.39 is 27.8 Å². The van der Waals surface area contributed by atoms with Crippen LogP contribution in [0.5, 0.6) is 0 Å². The van der Waals surface area contributed by atoms with Crippen LogP contribution in [0.3, 0.4) is 0 Å². The second kappa shape index (κ2) is 3.63. The Balaban J connectivity index is 2.49. The van der Waals surface area contributed by atoms with E-state index >= 15 is 0 Å². The Kier molecular flexibility index (Phi) is 2.92. The Morgan fingerprint density at radius 3 is 2.38 bits per heavy atom. The summed E-state index contributed by atoms with van der Waals surface area (Å²) in [7, 11) is -3.14. The molecule has 0 bridgehead atoms. The van der Waals surface area contributed by atoms with Crippen molar-refractivity contribution in [3.8, 4) is 0 Å². The smallest absolute Gasteiger partial charge is 0.303 e. The van der Waals surface area contributed by atoms with Gasteiger partial charge in [-0.1, -0.05) is 0 Å². The zero-order valence-electron chi connectivity index (χ0n) is 7.01. The molecule has 1 rings (SSSR count). The van der Waals surface area contributed by atoms with Crippen molar-refractivity contribution in [1.82, 2.24) is 0 Å². The lowest BCUT2D eigenvalue weighted by molar-refractivity contribution is -0.137. The molecule has 76 valence electrons. The summed E-state index contributed by atoms with van der Waals surface area (Å²) in [5.74, 6) is -1.67. The van der Waals surface area contributed by atoms with Gasteiger partial charge in [0, 0.05) is 12.3 Å². The number of hydrogen-bond donors (Lipinski definition) is 2. The lowest BCUT2D eigenvalue weighted by Gasteiger charge is -2.09. The molecule has 5 nitrogen and oxygen atoms in total. The molecule has 0 aromatic carbocycles. The molecular formula is C7H12O5S. The van der Waals surface area contributed by atoms with E-state index in [0.717, 1.165) is 0 Å². The van der Waals surface area contributed by atoms with Crippen molar-refractivity contribution in [3.63, 3.8) is 0 Å². The molecule has 0 aromatic heterocycles. The number of aliphatic hydroxyl groups is 1. The molecule has 0 aliphatic carbocycles. The summed E-state index contributed by atoms with van der Waals surface area (Å²) in [4.78, 5) is 10.2. The van der Waals surface area contributed by atoms with E-state index in [9.17, 15) is 18.3 Å². The maximum absolute atomic E-state index is 11.0. The predicted octanol–water partition coefficient (Wildman–Crippen LogP) is -0.743. The number of aliphatic hydroxyl groups excluding tert-OH is 1. The minimum atomic E-state index is -3.14. The Morgan fingerprint density at radius 1 is 1.38 bits per heavy atom. The van der Waals surface area contributed by atoms with Crippen LogP contribution in [0.4, 0.5) is 0 Å². The minimum absolute atomic E-state index is 0.0819. The van der Waals surface area contributed by atoms with Gasteiger partial charge in [0.1, 0.15) is 0 Å². The lowest BCUT2D eigenvalue weighted by atomic mass is 10.0. The lowest BCUT2D eigenvalue weighted by Crippen LogP contribution is -2.18. The van der Waals surface area contributed by atoms with Gasteiger partial charge in [0.15, 0.2) is 9.84 Å². The van der Waals surface area contributed by atoms with Crippen LogP contribution < -0.4 is 0 Å². The third kappa shape index (κ3) is 2.96. The molecule has 13 heavy (non-hydrogen) atoms. The van der Waals surface area contributed by atoms with Crippen LogP contribution in [0.1, 0.15) is 12.8 Å². The van der Waals surface area contributed by atoms with Crippen LogP contribution in [0, 0.1) is 5.92 Å². The molecule has 1 aliphatic rings. The largest absolute Gasteiger partial charge is 0.481 e. The maximum atomic E-state index is 11.0. The molecule has 1 fully saturated rings. The third-order valence-corrected chi connectivity index (χ3v) is 3.95. The van der Waals surface area contributed by atoms with E-state index in [-0.39, 0.29) is 24.3 Å². The molecule has 0 saturated carbocycles. The first-order valence-electron chi connectivity index (χ1n) is 4.01. The van der Waals surface area contributed by atoms with Crippen molar-refractivity contribution in [2.24, 2.45) is 5.92 Å². The first kappa shape index (κ1) is 10.5. The second-order valence-electron chi connectivity index (χ2n) is 3.34. The number of carboxylic acid groups (broad SMARTS) is 1. The zero-order chi connectivity index (χ0) is 10.1. The van der Waals surface area contributed by atoms with E-state index in [4.69, 9.17) is 5.11 Å². The van der Waals surface area contributed by atoms with Gasteiger partial charge in [0.25, 0.3) is 0 Å². The first-order chi connectivity index (χ1) is 5.91. The Hall–Kier alpha value is -0.620. The minimum Gasteiger partial charge on any atom is -0.481 e. The highest BCUT2D eigenvalue weighted by atomic mass is 32.2. The predicted molar refractivity (Wildman–Crippen MR) is 45.0 cm³/mol. The molecule has 6 heteroatoms. The van der Waals surface area contributed by atoms with E-state index in [0.29, 0.717) is 0 Å². The average Bonchev–Trinajstić information content (AvgIpc) is 2.20. The summed E-state index contributed by atoms with van der Waals surface area (Å²) >= 11 is 0. The van der Waals surface area contributed by atoms with Crippen LogP contribution in [0.15, 0.2) is 0 Å². The van der Waals surface area contributed by atoms with Crippen LogP contribution in [-0.2, 0) is 14.6 Å². The molecule has 2 N–H and O–H groups in total. The Bertz CT molecular complexity index is 294. The van der Waals surface area contributed by atoms with Crippen LogP contribution in [0.2, 0.25) is 0 Å². The molecule has 0 spiro atoms. The normalized spacial score (nSPS) is 31.8. The standard InChI is InChI=1S/C7H12O5S/c8-6-4-13(11,12)3-5(6)1-2-7(9)10/h5-6,8H,1-4H2,(H,9,10)/t5-,6+/m0/s1. The van der Waals surface area contributed by atoms with Crippen molar-refractivity contribution in [2.45, 2.75) is 18.9 Å². The van der Waals surface area contributed by atoms with Crippen molar-refractivity contribution >= 4 is 15.8 Å². The molecule has 0 amide bonds. The van der Waals surface area contributed by atoms with Gasteiger partial charge in [-0.05, 0) is 6.42 Å². The molecule has 0 unspecified atom stereocenters. The van der Waals surface area contributed by atoms with E-state index in [1.807, 2.05) is 0 Å². The van der Waals surface area contributed by atoms with Gasteiger partial charge in [-0.25, -0.2) is 8.42 Å². The molecule has 1 heterocycles. The van der Waals surface area contributed by atoms with Crippen molar-refractivity contribution in [1.29, 1.82) is 0 Å². The highest BCUT2D eigenvalue weighted by Crippen LogP contribution is 2.23. The van der Waals surface area contributed by atoms with Gasteiger partial charge >= 0.3 is 5.97 Å². The number of carbonyl (C=O) groups is 1. The number of carboxylic acids is 1. The fourth-order valence-corrected chi connectivity index (χ4v) is 3.46. The van der Waals surface area contributed by atoms with Gasteiger partial charge in [-0.2, -0.15) is 0 Å². The molecule has 0 aromatic rings. The van der Waals surface area contributed by atoms with Crippen molar-refractivity contribution in [3.05, 3.63) is 0 Å². The monoisotopic (exact) mass is 208 g/mol. The summed E-state index contributed by atoms with van der Waals surface area (Å²) in [5.41, 5.74) is 0. The quantitative estimate of drug-likeness (QED) is 0.637. The van der Waals surface area contributed by atoms with Gasteiger partial charge in [0.2, 0.25) is 0 Å². The number of hydrogen-bond acceptors (Lipinski definition) is 4. The molecule has 1 saturated heterocycles. The fourth-order valence-electron chi connectivity index (χ4n) is 1.49. The van der Waals surface area contributed by atoms with E-state index in [1.54, 1.807) is 0 Å². The van der Waals surface area contributed by atoms with Gasteiger partial charge in [-0.3, -0.25) is 4.79 Å². The Morgan fingerprint density at radius 2 is 2.00 bits per heavy atom. The SMILES string of the molecule is O=C(O)CC[C@H]1CS(=O)(=O)C[C@H]1O. The number of aliphatic carboxylic acids is 1. The zero-order valence-corrected chi connectivity index (χ0v) is 7.83. The average molecular weight is 208 g/mol. The summed E-state index contributed by atoms with van der Waals surface area (Å²) in [6, 6.07) is 0. The topological polar surface area (TPSA) is 91.7 Å². The highest BCUT2D eigenvalue weighted by Gasteiger charge is 2.36. The number of rotatable bonds is 3. The molecule has 2 atom stereocenters. The van der Waals surface area contributed by atoms with Crippen LogP contribution in [-0.4, -0.2) is 42.2 Å². The van der Waals surface area contributed by atoms with E-state index in [1.165, 1.54) is 0 Å². The van der Waals surface area contributed by atoms with Gasteiger partial charge < -0.3 is 10.2 Å². The Labute approximate surface area is 76.3 Å². The highest BCUT2D eigenvalue weighted by molar-refractivity contribution is 7.91. The van der Waals surface area contributed by atoms with Crippen molar-refractivity contribution < 1.29 is 23.4 Å². The molecule has 0 radical (unpaired) electrons. The summed E-state index contributed by atoms with van der Waals surface area (Å²) < 4.78 is 22.0. The van der Waals surface area contributed by atoms with Gasteiger partial charge in [0.05, 0.1) is 17.6 Å². The fraction of sp³-hybridized carbons (Fsp3) is 0.857. The van der Waals surface area contributed by atoms with Crippen LogP contribution >= 0.6 is 0 Å². The summed E-state index contributed by atoms with van der Waals surface area (Å²) in [6.45, 7) is 0. The summed E-state index contributed by atoms with van der Waals surface area (Å²) in [5, 5.41) is 17.6. The van der Waals surface area contributed by atoms with Crippen molar-refractivity contribution in [2.75, 3.05) is 11.5 Å². The van der Waals surface area contributed by atoms with Gasteiger partial charge in [-0.15, -0.1) is 0 Å². The maximum Gasteiger partial charge on any atom is 0.303 e. The van der Waals surface area contributed by atoms with E-state index in [2.05, 4.69) is 0 Å². The third-order valence-electron chi connectivity index (χ3n) is 2.17. The van der Waals surface area contributed by atoms with Crippen LogP contribution in [0.25, 0.3) is 0 Å².